The smallest absolute Gasteiger partial charge is 0.414 e. The third kappa shape index (κ3) is 2.89. The molecule has 0 spiro atoms. The number of hydrogen-bond donors (Lipinski definition) is 0. The summed E-state index contributed by atoms with van der Waals surface area (Å²) < 4.78 is 12.7. The van der Waals surface area contributed by atoms with Gasteiger partial charge >= 0.3 is 11.8 Å². The summed E-state index contributed by atoms with van der Waals surface area (Å²) in [6.45, 7) is 1.11. The van der Waals surface area contributed by atoms with E-state index in [1.807, 2.05) is 6.07 Å². The van der Waals surface area contributed by atoms with Gasteiger partial charge in [0, 0.05) is 11.2 Å². The highest BCUT2D eigenvalue weighted by atomic mass is 16.6. The first kappa shape index (κ1) is 14.0. The lowest BCUT2D eigenvalue weighted by Gasteiger charge is -2.22. The van der Waals surface area contributed by atoms with Crippen LogP contribution in [0.5, 0.6) is 6.01 Å². The summed E-state index contributed by atoms with van der Waals surface area (Å²) >= 11 is 0. The van der Waals surface area contributed by atoms with Gasteiger partial charge in [-0.3, -0.25) is 4.57 Å². The minimum absolute atomic E-state index is 0.214. The van der Waals surface area contributed by atoms with Gasteiger partial charge in [-0.1, -0.05) is 12.0 Å². The van der Waals surface area contributed by atoms with E-state index < -0.39 is 4.92 Å². The number of nitro groups is 1. The molecule has 0 saturated carbocycles. The first-order chi connectivity index (χ1) is 10.7. The number of imidazole rings is 1. The summed E-state index contributed by atoms with van der Waals surface area (Å²) in [5.41, 5.74) is 1.46. The maximum absolute atomic E-state index is 10.7. The fourth-order valence-corrected chi connectivity index (χ4v) is 2.07. The third-order valence-corrected chi connectivity index (χ3v) is 3.17. The van der Waals surface area contributed by atoms with Crippen molar-refractivity contribution >= 4 is 5.82 Å². The van der Waals surface area contributed by atoms with Gasteiger partial charge < -0.3 is 19.6 Å². The Kier molecular flexibility index (Phi) is 3.72. The number of ether oxygens (including phenoxy) is 2. The van der Waals surface area contributed by atoms with Gasteiger partial charge in [0.15, 0.2) is 0 Å². The van der Waals surface area contributed by atoms with Gasteiger partial charge in [-0.25, -0.2) is 4.98 Å². The predicted octanol–water partition coefficient (Wildman–Crippen LogP) is 1.15. The number of rotatable bonds is 4. The third-order valence-electron chi connectivity index (χ3n) is 3.17. The van der Waals surface area contributed by atoms with E-state index in [1.54, 1.807) is 16.8 Å². The number of fused-ring (bicyclic) bond motifs is 1. The van der Waals surface area contributed by atoms with Crippen molar-refractivity contribution in [3.05, 3.63) is 45.9 Å². The van der Waals surface area contributed by atoms with Crippen molar-refractivity contribution in [1.82, 2.24) is 14.5 Å². The predicted molar refractivity (Wildman–Crippen MR) is 75.1 cm³/mol. The number of terminal acetylenes is 1. The topological polar surface area (TPSA) is 92.3 Å². The Labute approximate surface area is 125 Å². The summed E-state index contributed by atoms with van der Waals surface area (Å²) in [5.74, 6) is 2.21. The van der Waals surface area contributed by atoms with Gasteiger partial charge in [0.05, 0.1) is 13.2 Å². The average molecular weight is 300 g/mol. The van der Waals surface area contributed by atoms with Crippen molar-refractivity contribution < 1.29 is 14.4 Å². The van der Waals surface area contributed by atoms with Crippen molar-refractivity contribution in [2.75, 3.05) is 6.61 Å². The second kappa shape index (κ2) is 5.83. The SMILES string of the molecule is C#Cc1ccc(CO[C@@H]2COc3nc([N+](=O)[O-])cn3C2)cn1. The molecule has 0 aromatic carbocycles. The summed E-state index contributed by atoms with van der Waals surface area (Å²) in [6, 6.07) is 3.83. The molecule has 0 aliphatic carbocycles. The highest BCUT2D eigenvalue weighted by molar-refractivity contribution is 5.26. The molecule has 0 saturated heterocycles. The Bertz CT molecular complexity index is 732. The van der Waals surface area contributed by atoms with Crippen LogP contribution >= 0.6 is 0 Å². The highest BCUT2D eigenvalue weighted by Gasteiger charge is 2.28. The van der Waals surface area contributed by atoms with Crippen molar-refractivity contribution in [2.24, 2.45) is 0 Å². The van der Waals surface area contributed by atoms with Crippen molar-refractivity contribution in [3.63, 3.8) is 0 Å². The van der Waals surface area contributed by atoms with Crippen LogP contribution in [0, 0.1) is 22.5 Å². The fraction of sp³-hybridized carbons (Fsp3) is 0.286. The second-order valence-corrected chi connectivity index (χ2v) is 4.73. The van der Waals surface area contributed by atoms with Crippen molar-refractivity contribution in [3.8, 4) is 18.4 Å². The van der Waals surface area contributed by atoms with Crippen molar-refractivity contribution in [2.45, 2.75) is 19.3 Å². The Hall–Kier alpha value is -2.92. The van der Waals surface area contributed by atoms with E-state index in [4.69, 9.17) is 15.9 Å². The van der Waals surface area contributed by atoms with E-state index >= 15 is 0 Å². The second-order valence-electron chi connectivity index (χ2n) is 4.73. The van der Waals surface area contributed by atoms with Crippen LogP contribution in [0.4, 0.5) is 5.82 Å². The molecule has 2 aromatic rings. The first-order valence-electron chi connectivity index (χ1n) is 6.53. The Morgan fingerprint density at radius 3 is 3.14 bits per heavy atom. The van der Waals surface area contributed by atoms with Crippen molar-refractivity contribution in [1.29, 1.82) is 0 Å². The summed E-state index contributed by atoms with van der Waals surface area (Å²) in [5, 5.41) is 10.7. The minimum atomic E-state index is -0.552. The normalized spacial score (nSPS) is 16.4. The molecule has 1 aliphatic rings. The Morgan fingerprint density at radius 1 is 1.59 bits per heavy atom. The molecule has 3 heterocycles. The largest absolute Gasteiger partial charge is 0.443 e. The molecule has 0 fully saturated rings. The molecule has 0 amide bonds. The molecule has 1 atom stereocenters. The van der Waals surface area contributed by atoms with E-state index in [-0.39, 0.29) is 17.9 Å². The van der Waals surface area contributed by atoms with Crippen LogP contribution in [-0.4, -0.2) is 32.2 Å². The molecular formula is C14H12N4O4. The average Bonchev–Trinajstić information content (AvgIpc) is 2.97. The van der Waals surface area contributed by atoms with Crippen LogP contribution in [0.1, 0.15) is 11.3 Å². The van der Waals surface area contributed by atoms with E-state index in [0.29, 0.717) is 25.5 Å². The molecule has 8 nitrogen and oxygen atoms in total. The van der Waals surface area contributed by atoms with Crippen LogP contribution in [-0.2, 0) is 17.9 Å². The van der Waals surface area contributed by atoms with Gasteiger partial charge in [0.25, 0.3) is 0 Å². The van der Waals surface area contributed by atoms with Crippen LogP contribution in [0.3, 0.4) is 0 Å². The highest BCUT2D eigenvalue weighted by Crippen LogP contribution is 2.22. The monoisotopic (exact) mass is 300 g/mol. The summed E-state index contributed by atoms with van der Waals surface area (Å²) in [7, 11) is 0. The van der Waals surface area contributed by atoms with E-state index in [9.17, 15) is 10.1 Å². The molecule has 2 aromatic heterocycles. The maximum Gasteiger partial charge on any atom is 0.414 e. The summed E-state index contributed by atoms with van der Waals surface area (Å²) in [6.07, 6.45) is 8.03. The van der Waals surface area contributed by atoms with Crippen LogP contribution < -0.4 is 4.74 Å². The Balaban J connectivity index is 1.60. The molecule has 0 radical (unpaired) electrons. The molecule has 3 rings (SSSR count). The molecule has 112 valence electrons. The zero-order valence-electron chi connectivity index (χ0n) is 11.5. The molecule has 0 N–H and O–H groups in total. The number of nitrogens with zero attached hydrogens (tertiary/aromatic N) is 4. The molecule has 8 heteroatoms. The molecule has 0 bridgehead atoms. The van der Waals surface area contributed by atoms with Crippen LogP contribution in [0.25, 0.3) is 0 Å². The van der Waals surface area contributed by atoms with Crippen LogP contribution in [0.2, 0.25) is 0 Å². The molecule has 1 aliphatic heterocycles. The quantitative estimate of drug-likeness (QED) is 0.477. The van der Waals surface area contributed by atoms with E-state index in [1.165, 1.54) is 6.20 Å². The van der Waals surface area contributed by atoms with Gasteiger partial charge in [-0.2, -0.15) is 0 Å². The standard InChI is InChI=1S/C14H12N4O4/c1-2-11-4-3-10(5-15-11)8-21-12-6-17-7-13(18(19)20)16-14(17)22-9-12/h1,3-5,7,12H,6,8-9H2/t12-/m0/s1. The lowest BCUT2D eigenvalue weighted by Crippen LogP contribution is -2.32. The van der Waals surface area contributed by atoms with Gasteiger partial charge in [0.2, 0.25) is 0 Å². The number of hydrogen-bond acceptors (Lipinski definition) is 6. The lowest BCUT2D eigenvalue weighted by atomic mass is 10.2. The van der Waals surface area contributed by atoms with E-state index in [2.05, 4.69) is 15.9 Å². The molecule has 22 heavy (non-hydrogen) atoms. The van der Waals surface area contributed by atoms with Gasteiger partial charge in [-0.05, 0) is 16.6 Å². The zero-order chi connectivity index (χ0) is 15.5. The lowest BCUT2D eigenvalue weighted by molar-refractivity contribution is -0.389. The zero-order valence-corrected chi connectivity index (χ0v) is 11.5. The minimum Gasteiger partial charge on any atom is -0.443 e. The molecule has 0 unspecified atom stereocenters. The van der Waals surface area contributed by atoms with Crippen LogP contribution in [0.15, 0.2) is 24.5 Å². The molecular weight excluding hydrogens is 288 g/mol. The van der Waals surface area contributed by atoms with Gasteiger partial charge in [0.1, 0.15) is 24.6 Å². The number of pyridine rings is 1. The van der Waals surface area contributed by atoms with E-state index in [0.717, 1.165) is 5.56 Å². The summed E-state index contributed by atoms with van der Waals surface area (Å²) in [4.78, 5) is 18.0. The maximum atomic E-state index is 10.7. The number of aromatic nitrogens is 3. The van der Waals surface area contributed by atoms with Gasteiger partial charge in [-0.15, -0.1) is 6.42 Å². The first-order valence-corrected chi connectivity index (χ1v) is 6.53. The Morgan fingerprint density at radius 2 is 2.45 bits per heavy atom. The fourth-order valence-electron chi connectivity index (χ4n) is 2.07.